The molecule has 1 aromatic carbocycles. The van der Waals surface area contributed by atoms with Crippen molar-refractivity contribution in [3.63, 3.8) is 0 Å². The first-order valence-corrected chi connectivity index (χ1v) is 14.3. The van der Waals surface area contributed by atoms with Gasteiger partial charge in [-0.1, -0.05) is 30.9 Å². The molecule has 3 heterocycles. The highest BCUT2D eigenvalue weighted by Crippen LogP contribution is 2.51. The molecule has 0 radical (unpaired) electrons. The lowest BCUT2D eigenvalue weighted by Gasteiger charge is -2.32. The molecule has 1 N–H and O–H groups in total. The Hall–Kier alpha value is -2.37. The third kappa shape index (κ3) is 4.77. The van der Waals surface area contributed by atoms with Gasteiger partial charge in [-0.3, -0.25) is 24.6 Å². The fourth-order valence-corrected chi connectivity index (χ4v) is 6.96. The van der Waals surface area contributed by atoms with Gasteiger partial charge in [0.1, 0.15) is 12.1 Å². The van der Waals surface area contributed by atoms with Crippen LogP contribution in [0.4, 0.5) is 13.2 Å². The smallest absolute Gasteiger partial charge is 0.417 e. The Bertz CT molecular complexity index is 1240. The lowest BCUT2D eigenvalue weighted by molar-refractivity contribution is -0.167. The SMILES string of the molecule is CC1(C(=O)OCN2C(=O)C(CCC(=O)N3Cc4cc(Cl)c(C(F)(F)F)cc4C3)(C3CC3)NC23CO3)CCCCC1. The van der Waals surface area contributed by atoms with Crippen LogP contribution in [0.15, 0.2) is 12.1 Å². The summed E-state index contributed by atoms with van der Waals surface area (Å²) in [5, 5.41) is 2.99. The summed E-state index contributed by atoms with van der Waals surface area (Å²) in [5.74, 6) is -1.82. The van der Waals surface area contributed by atoms with Crippen molar-refractivity contribution >= 4 is 29.4 Å². The van der Waals surface area contributed by atoms with E-state index in [-0.39, 0.29) is 68.0 Å². The number of carbonyl (C=O) groups excluding carboxylic acids is 3. The number of nitrogens with zero attached hydrogens (tertiary/aromatic N) is 2. The van der Waals surface area contributed by atoms with Gasteiger partial charge < -0.3 is 14.4 Å². The van der Waals surface area contributed by atoms with Crippen LogP contribution in [-0.4, -0.2) is 52.3 Å². The van der Waals surface area contributed by atoms with Crippen LogP contribution < -0.4 is 5.32 Å². The normalized spacial score (nSPS) is 29.2. The Morgan fingerprint density at radius 2 is 1.80 bits per heavy atom. The number of rotatable bonds is 7. The number of esters is 1. The minimum absolute atomic E-state index is 0.0226. The van der Waals surface area contributed by atoms with E-state index in [0.29, 0.717) is 11.1 Å². The van der Waals surface area contributed by atoms with Crippen molar-refractivity contribution in [2.45, 2.75) is 95.4 Å². The molecule has 2 saturated heterocycles. The predicted molar refractivity (Wildman–Crippen MR) is 136 cm³/mol. The van der Waals surface area contributed by atoms with E-state index in [1.807, 2.05) is 6.92 Å². The van der Waals surface area contributed by atoms with Gasteiger partial charge in [-0.25, -0.2) is 0 Å². The molecule has 5 aliphatic rings. The molecule has 6 rings (SSSR count). The maximum Gasteiger partial charge on any atom is 0.417 e. The lowest BCUT2D eigenvalue weighted by atomic mass is 9.76. The molecule has 2 saturated carbocycles. The number of benzene rings is 1. The van der Waals surface area contributed by atoms with Crippen LogP contribution in [0.3, 0.4) is 0 Å². The average Bonchev–Trinajstić information content (AvgIpc) is 3.82. The monoisotopic (exact) mass is 583 g/mol. The van der Waals surface area contributed by atoms with Crippen LogP contribution in [-0.2, 0) is 43.1 Å². The van der Waals surface area contributed by atoms with Crippen LogP contribution in [0.25, 0.3) is 0 Å². The highest BCUT2D eigenvalue weighted by molar-refractivity contribution is 6.31. The zero-order valence-corrected chi connectivity index (χ0v) is 23.1. The van der Waals surface area contributed by atoms with Gasteiger partial charge in [-0.05, 0) is 68.2 Å². The van der Waals surface area contributed by atoms with Crippen molar-refractivity contribution in [1.29, 1.82) is 0 Å². The highest BCUT2D eigenvalue weighted by Gasteiger charge is 2.70. The molecule has 2 unspecified atom stereocenters. The number of alkyl halides is 3. The van der Waals surface area contributed by atoms with E-state index in [1.54, 1.807) is 0 Å². The number of nitrogens with one attached hydrogen (secondary N) is 1. The zero-order chi connectivity index (χ0) is 28.5. The Morgan fingerprint density at radius 1 is 1.15 bits per heavy atom. The highest BCUT2D eigenvalue weighted by atomic mass is 35.5. The minimum Gasteiger partial charge on any atom is -0.444 e. The van der Waals surface area contributed by atoms with E-state index in [1.165, 1.54) is 15.9 Å². The zero-order valence-electron chi connectivity index (χ0n) is 22.4. The molecule has 40 heavy (non-hydrogen) atoms. The first-order chi connectivity index (χ1) is 18.9. The number of hydrogen-bond donors (Lipinski definition) is 1. The topological polar surface area (TPSA) is 91.5 Å². The first kappa shape index (κ1) is 27.8. The molecule has 0 bridgehead atoms. The van der Waals surface area contributed by atoms with Crippen molar-refractivity contribution in [2.75, 3.05) is 13.3 Å². The van der Waals surface area contributed by atoms with E-state index < -0.39 is 28.5 Å². The number of carbonyl (C=O) groups is 3. The van der Waals surface area contributed by atoms with Crippen molar-refractivity contribution in [3.8, 4) is 0 Å². The van der Waals surface area contributed by atoms with Gasteiger partial charge in [0.2, 0.25) is 17.7 Å². The molecule has 2 amide bonds. The standard InChI is InChI=1S/C28H33ClF3N3O5/c1-25(8-3-2-4-9-25)24(38)39-16-35-23(37)26(19-5-6-19,33-27(35)15-40-27)10-7-22(36)34-13-17-11-20(28(30,31)32)21(29)12-18(17)14-34/h11-12,19,33H,2-10,13-16H2,1H3. The molecule has 218 valence electrons. The summed E-state index contributed by atoms with van der Waals surface area (Å²) in [7, 11) is 0. The van der Waals surface area contributed by atoms with Crippen LogP contribution in [0, 0.1) is 11.3 Å². The van der Waals surface area contributed by atoms with Crippen molar-refractivity contribution in [1.82, 2.24) is 15.1 Å². The lowest BCUT2D eigenvalue weighted by Crippen LogP contribution is -2.51. The number of epoxide rings is 1. The molecule has 8 nitrogen and oxygen atoms in total. The van der Waals surface area contributed by atoms with Gasteiger partial charge in [-0.2, -0.15) is 13.2 Å². The fourth-order valence-electron chi connectivity index (χ4n) is 6.67. The summed E-state index contributed by atoms with van der Waals surface area (Å²) in [4.78, 5) is 43.0. The second-order valence-corrected chi connectivity index (χ2v) is 12.6. The second-order valence-electron chi connectivity index (χ2n) is 12.2. The van der Waals surface area contributed by atoms with Crippen LogP contribution >= 0.6 is 11.6 Å². The van der Waals surface area contributed by atoms with Crippen LogP contribution in [0.2, 0.25) is 5.02 Å². The van der Waals surface area contributed by atoms with E-state index in [9.17, 15) is 27.6 Å². The largest absolute Gasteiger partial charge is 0.444 e. The van der Waals surface area contributed by atoms with E-state index in [4.69, 9.17) is 21.1 Å². The number of fused-ring (bicyclic) bond motifs is 1. The summed E-state index contributed by atoms with van der Waals surface area (Å²) in [5.41, 5.74) is -1.48. The van der Waals surface area contributed by atoms with Crippen molar-refractivity contribution < 1.29 is 37.0 Å². The summed E-state index contributed by atoms with van der Waals surface area (Å²) < 4.78 is 51.2. The third-order valence-corrected chi connectivity index (χ3v) is 9.66. The molecular formula is C28H33ClF3N3O5. The predicted octanol–water partition coefficient (Wildman–Crippen LogP) is 4.72. The van der Waals surface area contributed by atoms with Gasteiger partial charge in [0.15, 0.2) is 6.73 Å². The number of hydrogen-bond acceptors (Lipinski definition) is 6. The fraction of sp³-hybridized carbons (Fsp3) is 0.679. The molecule has 12 heteroatoms. The maximum absolute atomic E-state index is 13.9. The molecule has 2 atom stereocenters. The molecule has 3 aliphatic heterocycles. The van der Waals surface area contributed by atoms with Crippen LogP contribution in [0.5, 0.6) is 0 Å². The number of halogens is 4. The van der Waals surface area contributed by atoms with Gasteiger partial charge >= 0.3 is 12.1 Å². The minimum atomic E-state index is -4.58. The van der Waals surface area contributed by atoms with Crippen molar-refractivity contribution in [2.24, 2.45) is 11.3 Å². The Kier molecular flexibility index (Phi) is 6.66. The van der Waals surface area contributed by atoms with Gasteiger partial charge in [0, 0.05) is 19.5 Å². The Labute approximate surface area is 235 Å². The van der Waals surface area contributed by atoms with Crippen LogP contribution in [0.1, 0.15) is 81.4 Å². The summed E-state index contributed by atoms with van der Waals surface area (Å²) in [6.07, 6.45) is 1.88. The van der Waals surface area contributed by atoms with Gasteiger partial charge in [0.25, 0.3) is 0 Å². The summed E-state index contributed by atoms with van der Waals surface area (Å²) in [6, 6.07) is 2.29. The molecule has 2 aliphatic carbocycles. The Balaban J connectivity index is 1.12. The first-order valence-electron chi connectivity index (χ1n) is 14.0. The molecule has 4 fully saturated rings. The maximum atomic E-state index is 13.9. The van der Waals surface area contributed by atoms with Crippen molar-refractivity contribution in [3.05, 3.63) is 33.8 Å². The number of ether oxygens (including phenoxy) is 2. The summed E-state index contributed by atoms with van der Waals surface area (Å²) >= 11 is 5.87. The molecular weight excluding hydrogens is 551 g/mol. The Morgan fingerprint density at radius 3 is 2.40 bits per heavy atom. The van der Waals surface area contributed by atoms with E-state index >= 15 is 0 Å². The average molecular weight is 584 g/mol. The molecule has 1 aromatic rings. The van der Waals surface area contributed by atoms with E-state index in [2.05, 4.69) is 5.32 Å². The molecule has 0 aromatic heterocycles. The summed E-state index contributed by atoms with van der Waals surface area (Å²) in [6.45, 7) is 2.18. The third-order valence-electron chi connectivity index (χ3n) is 9.35. The van der Waals surface area contributed by atoms with E-state index in [0.717, 1.165) is 51.0 Å². The number of amides is 2. The molecule has 1 spiro atoms. The van der Waals surface area contributed by atoms with Gasteiger partial charge in [-0.15, -0.1) is 0 Å². The quantitative estimate of drug-likeness (QED) is 0.369. The second kappa shape index (κ2) is 9.59. The van der Waals surface area contributed by atoms with Gasteiger partial charge in [0.05, 0.1) is 16.0 Å².